The van der Waals surface area contributed by atoms with Crippen molar-refractivity contribution < 1.29 is 13.2 Å². The lowest BCUT2D eigenvalue weighted by atomic mass is 9.81. The van der Waals surface area contributed by atoms with Gasteiger partial charge < -0.3 is 5.73 Å². The first-order valence-corrected chi connectivity index (χ1v) is 5.89. The summed E-state index contributed by atoms with van der Waals surface area (Å²) in [5, 5.41) is 0. The van der Waals surface area contributed by atoms with Crippen LogP contribution >= 0.6 is 0 Å². The second-order valence-electron chi connectivity index (χ2n) is 4.75. The highest BCUT2D eigenvalue weighted by Gasteiger charge is 2.31. The first kappa shape index (κ1) is 12.4. The Bertz CT molecular complexity index is 386. The maximum atomic E-state index is 12.6. The summed E-state index contributed by atoms with van der Waals surface area (Å²) in [5.74, 6) is 0.182. The monoisotopic (exact) mass is 243 g/mol. The van der Waals surface area contributed by atoms with Crippen LogP contribution in [-0.4, -0.2) is 6.04 Å². The quantitative estimate of drug-likeness (QED) is 0.799. The fourth-order valence-corrected chi connectivity index (χ4v) is 2.50. The van der Waals surface area contributed by atoms with Crippen LogP contribution in [0.3, 0.4) is 0 Å². The highest BCUT2D eigenvalue weighted by molar-refractivity contribution is 5.28. The number of benzene rings is 1. The molecule has 1 aliphatic carbocycles. The van der Waals surface area contributed by atoms with Crippen LogP contribution in [0.4, 0.5) is 13.2 Å². The third-order valence-electron chi connectivity index (χ3n) is 3.40. The molecule has 2 N–H and O–H groups in total. The summed E-state index contributed by atoms with van der Waals surface area (Å²) in [6, 6.07) is 5.77. The number of nitrogens with two attached hydrogens (primary N) is 1. The smallest absolute Gasteiger partial charge is 0.328 e. The third kappa shape index (κ3) is 3.00. The van der Waals surface area contributed by atoms with E-state index in [0.29, 0.717) is 0 Å². The number of rotatable bonds is 1. The van der Waals surface area contributed by atoms with Crippen LogP contribution in [0.25, 0.3) is 0 Å². The first-order valence-electron chi connectivity index (χ1n) is 5.89. The van der Waals surface area contributed by atoms with Gasteiger partial charge in [0.2, 0.25) is 0 Å². The van der Waals surface area contributed by atoms with Gasteiger partial charge in [-0.15, -0.1) is 0 Å². The normalized spacial score (nSPS) is 25.9. The Morgan fingerprint density at radius 2 is 1.94 bits per heavy atom. The molecule has 1 aromatic carbocycles. The zero-order valence-corrected chi connectivity index (χ0v) is 9.50. The fourth-order valence-electron chi connectivity index (χ4n) is 2.50. The van der Waals surface area contributed by atoms with Gasteiger partial charge in [-0.3, -0.25) is 0 Å². The molecule has 94 valence electrons. The van der Waals surface area contributed by atoms with Crippen molar-refractivity contribution in [1.82, 2.24) is 0 Å². The van der Waals surface area contributed by atoms with E-state index in [4.69, 9.17) is 5.73 Å². The molecule has 0 aliphatic heterocycles. The van der Waals surface area contributed by atoms with Gasteiger partial charge in [0, 0.05) is 6.04 Å². The Labute approximate surface area is 98.8 Å². The molecule has 0 saturated heterocycles. The number of hydrogen-bond acceptors (Lipinski definition) is 1. The topological polar surface area (TPSA) is 26.0 Å². The van der Waals surface area contributed by atoms with E-state index in [0.717, 1.165) is 37.3 Å². The molecule has 4 heteroatoms. The third-order valence-corrected chi connectivity index (χ3v) is 3.40. The van der Waals surface area contributed by atoms with Crippen molar-refractivity contribution in [3.05, 3.63) is 35.4 Å². The largest absolute Gasteiger partial charge is 0.416 e. The molecular formula is C13H16F3N. The zero-order chi connectivity index (χ0) is 12.5. The molecule has 1 aromatic rings. The molecule has 0 spiro atoms. The van der Waals surface area contributed by atoms with Crippen molar-refractivity contribution in [3.8, 4) is 0 Å². The molecule has 1 aliphatic rings. The number of alkyl halides is 3. The Hall–Kier alpha value is -1.03. The number of hydrogen-bond donors (Lipinski definition) is 1. The Morgan fingerprint density at radius 1 is 1.18 bits per heavy atom. The first-order chi connectivity index (χ1) is 7.97. The molecule has 0 heterocycles. The van der Waals surface area contributed by atoms with E-state index in [1.54, 1.807) is 6.07 Å². The second-order valence-corrected chi connectivity index (χ2v) is 4.75. The summed E-state index contributed by atoms with van der Waals surface area (Å²) in [6.07, 6.45) is -0.541. The maximum Gasteiger partial charge on any atom is 0.416 e. The minimum atomic E-state index is -4.26. The van der Waals surface area contributed by atoms with E-state index in [-0.39, 0.29) is 12.0 Å². The molecule has 1 saturated carbocycles. The highest BCUT2D eigenvalue weighted by atomic mass is 19.4. The van der Waals surface area contributed by atoms with Crippen LogP contribution in [0.15, 0.2) is 24.3 Å². The fraction of sp³-hybridized carbons (Fsp3) is 0.538. The average molecular weight is 243 g/mol. The molecule has 0 radical (unpaired) electrons. The van der Waals surface area contributed by atoms with Crippen molar-refractivity contribution in [2.45, 2.75) is 43.8 Å². The molecule has 1 nitrogen and oxygen atoms in total. The predicted octanol–water partition coefficient (Wildman–Crippen LogP) is 3.69. The van der Waals surface area contributed by atoms with Crippen LogP contribution in [0, 0.1) is 0 Å². The molecule has 2 rings (SSSR count). The molecule has 0 unspecified atom stereocenters. The SMILES string of the molecule is N[C@@H]1CCC[C@H](c2cccc(C(F)(F)F)c2)C1. The summed E-state index contributed by atoms with van der Waals surface area (Å²) in [7, 11) is 0. The van der Waals surface area contributed by atoms with Gasteiger partial charge in [-0.1, -0.05) is 24.6 Å². The molecular weight excluding hydrogens is 227 g/mol. The van der Waals surface area contributed by atoms with Gasteiger partial charge in [0.05, 0.1) is 5.56 Å². The lowest BCUT2D eigenvalue weighted by Crippen LogP contribution is -2.26. The van der Waals surface area contributed by atoms with Crippen LogP contribution in [0.1, 0.15) is 42.7 Å². The summed E-state index contributed by atoms with van der Waals surface area (Å²) in [5.41, 5.74) is 6.08. The summed E-state index contributed by atoms with van der Waals surface area (Å²) in [6.45, 7) is 0. The van der Waals surface area contributed by atoms with Crippen LogP contribution in [-0.2, 0) is 6.18 Å². The van der Waals surface area contributed by atoms with E-state index in [1.165, 1.54) is 12.1 Å². The van der Waals surface area contributed by atoms with Crippen LogP contribution < -0.4 is 5.73 Å². The van der Waals surface area contributed by atoms with Crippen LogP contribution in [0.2, 0.25) is 0 Å². The number of halogens is 3. The standard InChI is InChI=1S/C13H16F3N/c14-13(15,16)11-5-1-3-9(7-11)10-4-2-6-12(17)8-10/h1,3,5,7,10,12H,2,4,6,8,17H2/t10-,12+/m0/s1. The van der Waals surface area contributed by atoms with E-state index >= 15 is 0 Å². The molecule has 2 atom stereocenters. The van der Waals surface area contributed by atoms with Gasteiger partial charge >= 0.3 is 6.18 Å². The van der Waals surface area contributed by atoms with Gasteiger partial charge in [0.25, 0.3) is 0 Å². The summed E-state index contributed by atoms with van der Waals surface area (Å²) < 4.78 is 37.8. The molecule has 1 fully saturated rings. The van der Waals surface area contributed by atoms with E-state index in [9.17, 15) is 13.2 Å². The van der Waals surface area contributed by atoms with Crippen molar-refractivity contribution in [1.29, 1.82) is 0 Å². The Morgan fingerprint density at radius 3 is 2.59 bits per heavy atom. The Kier molecular flexibility index (Phi) is 3.43. The van der Waals surface area contributed by atoms with E-state index < -0.39 is 11.7 Å². The summed E-state index contributed by atoms with van der Waals surface area (Å²) >= 11 is 0. The lowest BCUT2D eigenvalue weighted by molar-refractivity contribution is -0.137. The molecule has 0 bridgehead atoms. The predicted molar refractivity (Wildman–Crippen MR) is 60.6 cm³/mol. The van der Waals surface area contributed by atoms with Gasteiger partial charge in [0.15, 0.2) is 0 Å². The van der Waals surface area contributed by atoms with Crippen LogP contribution in [0.5, 0.6) is 0 Å². The molecule has 0 aromatic heterocycles. The zero-order valence-electron chi connectivity index (χ0n) is 9.50. The van der Waals surface area contributed by atoms with E-state index in [1.807, 2.05) is 0 Å². The molecule has 17 heavy (non-hydrogen) atoms. The van der Waals surface area contributed by atoms with Gasteiger partial charge in [0.1, 0.15) is 0 Å². The van der Waals surface area contributed by atoms with Crippen molar-refractivity contribution >= 4 is 0 Å². The molecule has 0 amide bonds. The summed E-state index contributed by atoms with van der Waals surface area (Å²) in [4.78, 5) is 0. The van der Waals surface area contributed by atoms with E-state index in [2.05, 4.69) is 0 Å². The lowest BCUT2D eigenvalue weighted by Gasteiger charge is -2.27. The van der Waals surface area contributed by atoms with Gasteiger partial charge in [-0.25, -0.2) is 0 Å². The van der Waals surface area contributed by atoms with Gasteiger partial charge in [-0.05, 0) is 36.8 Å². The second kappa shape index (κ2) is 4.69. The minimum Gasteiger partial charge on any atom is -0.328 e. The average Bonchev–Trinajstić information content (AvgIpc) is 2.28. The van der Waals surface area contributed by atoms with Crippen molar-refractivity contribution in [2.24, 2.45) is 5.73 Å². The van der Waals surface area contributed by atoms with Gasteiger partial charge in [-0.2, -0.15) is 13.2 Å². The Balaban J connectivity index is 2.21. The minimum absolute atomic E-state index is 0.128. The van der Waals surface area contributed by atoms with Crippen molar-refractivity contribution in [3.63, 3.8) is 0 Å². The maximum absolute atomic E-state index is 12.6. The highest BCUT2D eigenvalue weighted by Crippen LogP contribution is 2.35. The van der Waals surface area contributed by atoms with Crippen molar-refractivity contribution in [2.75, 3.05) is 0 Å².